The van der Waals surface area contributed by atoms with Gasteiger partial charge < -0.3 is 17.7 Å². The summed E-state index contributed by atoms with van der Waals surface area (Å²) in [6.45, 7) is 0. The van der Waals surface area contributed by atoms with E-state index in [4.69, 9.17) is 57.5 Å². The number of oxazole rings is 4. The fourth-order valence-corrected chi connectivity index (χ4v) is 15.9. The maximum atomic E-state index is 6.24. The van der Waals surface area contributed by atoms with E-state index >= 15 is 0 Å². The van der Waals surface area contributed by atoms with Gasteiger partial charge in [-0.05, 0) is 192 Å². The van der Waals surface area contributed by atoms with Gasteiger partial charge in [0.05, 0.1) is 40.9 Å². The number of benzene rings is 12. The first kappa shape index (κ1) is 55.7. The molecule has 12 nitrogen and oxygen atoms in total. The van der Waals surface area contributed by atoms with Crippen molar-refractivity contribution in [3.8, 4) is 110 Å². The van der Waals surface area contributed by atoms with Gasteiger partial charge in [-0.15, -0.1) is 45.3 Å². The summed E-state index contributed by atoms with van der Waals surface area (Å²) in [6, 6.07) is 90.0. The fourth-order valence-electron chi connectivity index (χ4n) is 12.1. The molecule has 0 aliphatic heterocycles. The lowest BCUT2D eigenvalue weighted by atomic mass is 9.96. The van der Waals surface area contributed by atoms with E-state index < -0.39 is 0 Å². The topological polar surface area (TPSA) is 156 Å². The van der Waals surface area contributed by atoms with E-state index in [1.54, 1.807) is 45.3 Å². The predicted molar refractivity (Wildman–Crippen MR) is 390 cm³/mol. The van der Waals surface area contributed by atoms with Crippen LogP contribution in [-0.2, 0) is 0 Å². The lowest BCUT2D eigenvalue weighted by Crippen LogP contribution is -1.89. The Morgan fingerprint density at radius 2 is 0.365 bits per heavy atom. The van der Waals surface area contributed by atoms with E-state index in [1.807, 2.05) is 133 Å². The molecule has 0 fully saturated rings. The smallest absolute Gasteiger partial charge is 0.227 e. The van der Waals surface area contributed by atoms with Gasteiger partial charge in [-0.25, -0.2) is 39.9 Å². The number of aromatic nitrogens is 8. The van der Waals surface area contributed by atoms with Crippen LogP contribution in [0.4, 0.5) is 0 Å². The Labute approximate surface area is 561 Å². The molecule has 0 amide bonds. The minimum absolute atomic E-state index is 0.490. The number of nitrogens with zero attached hydrogens (tertiary/aromatic N) is 8. The average Bonchev–Trinajstić information content (AvgIpc) is 1.48. The normalized spacial score (nSPS) is 11.8. The van der Waals surface area contributed by atoms with Gasteiger partial charge in [-0.2, -0.15) is 0 Å². The Bertz CT molecular complexity index is 5020. The van der Waals surface area contributed by atoms with Crippen LogP contribution in [0, 0.1) is 0 Å². The zero-order chi connectivity index (χ0) is 63.2. The zero-order valence-corrected chi connectivity index (χ0v) is 53.5. The first-order chi connectivity index (χ1) is 47.4. The van der Waals surface area contributed by atoms with Gasteiger partial charge in [0, 0.05) is 44.5 Å². The predicted octanol–water partition coefficient (Wildman–Crippen LogP) is 23.0. The zero-order valence-electron chi connectivity index (χ0n) is 50.2. The molecule has 0 radical (unpaired) electrons. The minimum atomic E-state index is 0.490. The third kappa shape index (κ3) is 10.4. The van der Waals surface area contributed by atoms with Crippen molar-refractivity contribution in [1.29, 1.82) is 0 Å². The second-order valence-electron chi connectivity index (χ2n) is 23.1. The molecule has 8 heterocycles. The van der Waals surface area contributed by atoms with E-state index in [1.165, 1.54) is 18.8 Å². The highest BCUT2D eigenvalue weighted by molar-refractivity contribution is 7.23. The molecular weight excluding hydrogens is 1270 g/mol. The van der Waals surface area contributed by atoms with Gasteiger partial charge in [-0.1, -0.05) is 97.1 Å². The summed E-state index contributed by atoms with van der Waals surface area (Å²) in [5, 5.41) is 3.98. The lowest BCUT2D eigenvalue weighted by molar-refractivity contribution is 0.616. The third-order valence-corrected chi connectivity index (χ3v) is 21.1. The van der Waals surface area contributed by atoms with Crippen molar-refractivity contribution in [3.05, 3.63) is 267 Å². The summed E-state index contributed by atoms with van der Waals surface area (Å²) in [4.78, 5) is 39.5. The van der Waals surface area contributed by atoms with E-state index in [-0.39, 0.29) is 0 Å². The van der Waals surface area contributed by atoms with Gasteiger partial charge in [0.25, 0.3) is 0 Å². The molecule has 0 unspecified atom stereocenters. The second-order valence-corrected chi connectivity index (χ2v) is 27.2. The van der Waals surface area contributed by atoms with Crippen LogP contribution in [0.1, 0.15) is 0 Å². The van der Waals surface area contributed by atoms with Crippen molar-refractivity contribution in [2.24, 2.45) is 0 Å². The lowest BCUT2D eigenvalue weighted by Gasteiger charge is -2.11. The monoisotopic (exact) mass is 1310 g/mol. The standard InChI is InChI=1S/C40H22N4O4.C40H22N4S4/c2*1-5-13-33-29(9-1)41-37(45-33)25-17-23(18-26(21-25)38-42-30-10-2-6-14-34(30)46-38)24-19-27(39-43-31-11-3-7-15-35(31)47-39)22-28(20-24)40-44-32-12-4-8-16-36(32)48-40/h2*1-22H. The molecule has 20 rings (SSSR count). The Hall–Kier alpha value is -11.9. The van der Waals surface area contributed by atoms with Gasteiger partial charge in [0.2, 0.25) is 23.6 Å². The van der Waals surface area contributed by atoms with Crippen LogP contribution in [-0.4, -0.2) is 39.9 Å². The van der Waals surface area contributed by atoms with Gasteiger partial charge in [0.15, 0.2) is 22.3 Å². The quantitative estimate of drug-likeness (QED) is 0.128. The molecule has 12 aromatic carbocycles. The third-order valence-electron chi connectivity index (χ3n) is 16.7. The highest BCUT2D eigenvalue weighted by Gasteiger charge is 2.22. The maximum absolute atomic E-state index is 6.24. The van der Waals surface area contributed by atoms with Crippen LogP contribution in [0.5, 0.6) is 0 Å². The van der Waals surface area contributed by atoms with Crippen LogP contribution in [0.3, 0.4) is 0 Å². The van der Waals surface area contributed by atoms with Crippen molar-refractivity contribution in [2.75, 3.05) is 0 Å². The number of fused-ring (bicyclic) bond motifs is 8. The van der Waals surface area contributed by atoms with Crippen molar-refractivity contribution in [3.63, 3.8) is 0 Å². The van der Waals surface area contributed by atoms with Gasteiger partial charge in [0.1, 0.15) is 42.1 Å². The van der Waals surface area contributed by atoms with E-state index in [9.17, 15) is 0 Å². The molecule has 16 heteroatoms. The summed E-state index contributed by atoms with van der Waals surface area (Å²) in [5.74, 6) is 1.96. The molecule has 0 bridgehead atoms. The maximum Gasteiger partial charge on any atom is 0.227 e. The summed E-state index contributed by atoms with van der Waals surface area (Å²) < 4.78 is 29.6. The molecule has 0 spiro atoms. The Balaban J connectivity index is 0.000000135. The largest absolute Gasteiger partial charge is 0.436 e. The Kier molecular flexibility index (Phi) is 13.3. The number of thiazole rings is 4. The molecule has 0 saturated carbocycles. The van der Waals surface area contributed by atoms with Crippen molar-refractivity contribution < 1.29 is 17.7 Å². The number of para-hydroxylation sites is 12. The van der Waals surface area contributed by atoms with Crippen LogP contribution in [0.15, 0.2) is 285 Å². The van der Waals surface area contributed by atoms with E-state index in [2.05, 4.69) is 133 Å². The number of rotatable bonds is 10. The number of hydrogen-bond donors (Lipinski definition) is 0. The second kappa shape index (κ2) is 23.0. The molecule has 0 saturated heterocycles. The molecule has 20 aromatic rings. The fraction of sp³-hybridized carbons (Fsp3) is 0. The first-order valence-corrected chi connectivity index (χ1v) is 34.2. The van der Waals surface area contributed by atoms with Gasteiger partial charge >= 0.3 is 0 Å². The van der Waals surface area contributed by atoms with Gasteiger partial charge in [-0.3, -0.25) is 0 Å². The summed E-state index contributed by atoms with van der Waals surface area (Å²) in [6.07, 6.45) is 0. The molecular formula is C80H44N8O4S4. The van der Waals surface area contributed by atoms with Crippen LogP contribution < -0.4 is 0 Å². The van der Waals surface area contributed by atoms with E-state index in [0.29, 0.717) is 45.9 Å². The SMILES string of the molecule is c1ccc2oc(-c3cc(-c4cc(-c5nc6ccccc6o5)cc(-c5nc6ccccc6o5)c4)cc(-c4nc5ccccc5o4)c3)nc2c1.c1ccc2sc(-c3cc(-c4cc(-c5nc6ccccc6s5)cc(-c5nc6ccccc6s5)c4)cc(-c4nc5ccccc5s4)c3)nc2c1. The summed E-state index contributed by atoms with van der Waals surface area (Å²) >= 11 is 6.89. The average molecular weight is 1310 g/mol. The van der Waals surface area contributed by atoms with Crippen LogP contribution >= 0.6 is 45.3 Å². The minimum Gasteiger partial charge on any atom is -0.436 e. The number of hydrogen-bond acceptors (Lipinski definition) is 16. The molecule has 0 N–H and O–H groups in total. The highest BCUT2D eigenvalue weighted by Crippen LogP contribution is 2.44. The van der Waals surface area contributed by atoms with Crippen LogP contribution in [0.2, 0.25) is 0 Å². The van der Waals surface area contributed by atoms with E-state index in [0.717, 1.165) is 131 Å². The van der Waals surface area contributed by atoms with Crippen molar-refractivity contribution in [2.45, 2.75) is 0 Å². The highest BCUT2D eigenvalue weighted by atomic mass is 32.1. The molecule has 452 valence electrons. The van der Waals surface area contributed by atoms with Crippen molar-refractivity contribution >= 4 is 131 Å². The molecule has 8 aromatic heterocycles. The molecule has 0 aliphatic rings. The first-order valence-electron chi connectivity index (χ1n) is 30.9. The van der Waals surface area contributed by atoms with Crippen LogP contribution in [0.25, 0.3) is 196 Å². The molecule has 96 heavy (non-hydrogen) atoms. The molecule has 0 atom stereocenters. The van der Waals surface area contributed by atoms with Crippen molar-refractivity contribution in [1.82, 2.24) is 39.9 Å². The Morgan fingerprint density at radius 1 is 0.177 bits per heavy atom. The Morgan fingerprint density at radius 3 is 0.594 bits per heavy atom. The summed E-state index contributed by atoms with van der Waals surface area (Å²) in [7, 11) is 0. The molecule has 0 aliphatic carbocycles. The summed E-state index contributed by atoms with van der Waals surface area (Å²) in [5.41, 5.74) is 21.4.